The maximum absolute atomic E-state index is 12.5. The van der Waals surface area contributed by atoms with E-state index in [1.165, 1.54) is 0 Å². The Morgan fingerprint density at radius 3 is 1.92 bits per heavy atom. The molecule has 1 amide bonds. The van der Waals surface area contributed by atoms with E-state index in [1.54, 1.807) is 0 Å². The van der Waals surface area contributed by atoms with E-state index >= 15 is 0 Å². The number of alkyl halides is 6. The van der Waals surface area contributed by atoms with Crippen LogP contribution in [0.2, 0.25) is 0 Å². The maximum Gasteiger partial charge on any atom is 0.416 e. The van der Waals surface area contributed by atoms with Gasteiger partial charge in [-0.2, -0.15) is 26.3 Å². The minimum Gasteiger partial charge on any atom is -0.368 e. The molecular weight excluding hydrogens is 366 g/mol. The van der Waals surface area contributed by atoms with Gasteiger partial charge in [-0.15, -0.1) is 0 Å². The second kappa shape index (κ2) is 6.87. The number of hydrogen-bond acceptors (Lipinski definition) is 3. The number of primary amides is 1. The van der Waals surface area contributed by atoms with Gasteiger partial charge in [-0.05, 0) is 24.3 Å². The molecule has 0 unspecified atom stereocenters. The third kappa shape index (κ3) is 5.91. The number of rotatable bonds is 6. The molecule has 0 saturated heterocycles. The fraction of sp³-hybridized carbons (Fsp3) is 0.417. The Morgan fingerprint density at radius 1 is 1.04 bits per heavy atom. The molecule has 0 radical (unpaired) electrons. The van der Waals surface area contributed by atoms with Crippen molar-refractivity contribution in [3.63, 3.8) is 0 Å². The van der Waals surface area contributed by atoms with E-state index in [1.807, 2.05) is 0 Å². The number of hydrogen-bond donors (Lipinski definition) is 1. The predicted molar refractivity (Wildman–Crippen MR) is 72.4 cm³/mol. The first kappa shape index (κ1) is 20.1. The van der Waals surface area contributed by atoms with E-state index in [0.29, 0.717) is 12.1 Å². The summed E-state index contributed by atoms with van der Waals surface area (Å²) < 4.78 is 98.3. The smallest absolute Gasteiger partial charge is 0.368 e. The zero-order valence-electron chi connectivity index (χ0n) is 11.9. The van der Waals surface area contributed by atoms with Gasteiger partial charge in [0.1, 0.15) is 6.54 Å². The second-order valence-electron chi connectivity index (χ2n) is 4.70. The Labute approximate surface area is 133 Å². The van der Waals surface area contributed by atoms with Gasteiger partial charge in [0.05, 0.1) is 23.4 Å². The Balaban J connectivity index is 3.15. The summed E-state index contributed by atoms with van der Waals surface area (Å²) in [7, 11) is -4.62. The Bertz CT molecular complexity index is 682. The van der Waals surface area contributed by atoms with Crippen molar-refractivity contribution in [2.24, 2.45) is 5.73 Å². The van der Waals surface area contributed by atoms with Crippen LogP contribution in [-0.4, -0.2) is 32.8 Å². The van der Waals surface area contributed by atoms with Crippen molar-refractivity contribution >= 4 is 21.6 Å². The standard InChI is InChI=1S/C12H12F6N2O3S/c13-11(14,15)5-6-24(22,23)20(7-10(19)21)9-3-1-8(2-4-9)12(16,17)18/h1-4H,5-7H2,(H2,19,21). The van der Waals surface area contributed by atoms with Crippen molar-refractivity contribution in [2.45, 2.75) is 18.8 Å². The van der Waals surface area contributed by atoms with Gasteiger partial charge in [-0.3, -0.25) is 9.10 Å². The number of nitrogens with two attached hydrogens (primary N) is 1. The molecule has 1 rings (SSSR count). The van der Waals surface area contributed by atoms with Crippen molar-refractivity contribution in [3.8, 4) is 0 Å². The monoisotopic (exact) mass is 378 g/mol. The molecule has 24 heavy (non-hydrogen) atoms. The molecule has 1 aromatic rings. The van der Waals surface area contributed by atoms with Crippen LogP contribution in [0.5, 0.6) is 0 Å². The molecule has 0 saturated carbocycles. The van der Waals surface area contributed by atoms with E-state index in [-0.39, 0.29) is 4.31 Å². The number of sulfonamides is 1. The molecule has 0 atom stereocenters. The highest BCUT2D eigenvalue weighted by molar-refractivity contribution is 7.92. The predicted octanol–water partition coefficient (Wildman–Crippen LogP) is 2.28. The van der Waals surface area contributed by atoms with Crippen molar-refractivity contribution in [3.05, 3.63) is 29.8 Å². The van der Waals surface area contributed by atoms with Crippen LogP contribution in [0.1, 0.15) is 12.0 Å². The number of nitrogens with zero attached hydrogens (tertiary/aromatic N) is 1. The quantitative estimate of drug-likeness (QED) is 0.772. The summed E-state index contributed by atoms with van der Waals surface area (Å²) in [4.78, 5) is 11.0. The lowest BCUT2D eigenvalue weighted by atomic mass is 10.2. The highest BCUT2D eigenvalue weighted by atomic mass is 32.2. The zero-order chi connectivity index (χ0) is 18.8. The molecule has 5 nitrogen and oxygen atoms in total. The van der Waals surface area contributed by atoms with Gasteiger partial charge in [0.2, 0.25) is 15.9 Å². The van der Waals surface area contributed by atoms with E-state index in [4.69, 9.17) is 5.73 Å². The molecule has 2 N–H and O–H groups in total. The van der Waals surface area contributed by atoms with Gasteiger partial charge in [0.25, 0.3) is 0 Å². The van der Waals surface area contributed by atoms with Gasteiger partial charge >= 0.3 is 12.4 Å². The third-order valence-corrected chi connectivity index (χ3v) is 4.49. The minimum absolute atomic E-state index is 0.251. The summed E-state index contributed by atoms with van der Waals surface area (Å²) in [5.41, 5.74) is 3.38. The summed E-state index contributed by atoms with van der Waals surface area (Å²) in [5.74, 6) is -2.55. The van der Waals surface area contributed by atoms with Crippen LogP contribution in [0.4, 0.5) is 32.0 Å². The first-order chi connectivity index (χ1) is 10.7. The summed E-state index contributed by atoms with van der Waals surface area (Å²) in [6.07, 6.45) is -11.1. The Hall–Kier alpha value is -1.98. The van der Waals surface area contributed by atoms with E-state index in [2.05, 4.69) is 0 Å². The minimum atomic E-state index is -4.76. The summed E-state index contributed by atoms with van der Waals surface area (Å²) >= 11 is 0. The highest BCUT2D eigenvalue weighted by Crippen LogP contribution is 2.31. The molecule has 0 aliphatic heterocycles. The van der Waals surface area contributed by atoms with Crippen molar-refractivity contribution < 1.29 is 39.6 Å². The molecule has 0 spiro atoms. The van der Waals surface area contributed by atoms with E-state index < -0.39 is 58.3 Å². The largest absolute Gasteiger partial charge is 0.416 e. The van der Waals surface area contributed by atoms with Crippen molar-refractivity contribution in [1.29, 1.82) is 0 Å². The summed E-state index contributed by atoms with van der Waals surface area (Å²) in [6.45, 7) is -0.994. The van der Waals surface area contributed by atoms with Crippen LogP contribution in [0, 0.1) is 0 Å². The Morgan fingerprint density at radius 2 is 1.54 bits per heavy atom. The topological polar surface area (TPSA) is 80.5 Å². The number of anilines is 1. The molecule has 0 aromatic heterocycles. The molecule has 0 heterocycles. The van der Waals surface area contributed by atoms with Gasteiger partial charge in [0, 0.05) is 0 Å². The molecular formula is C12H12F6N2O3S. The van der Waals surface area contributed by atoms with Crippen LogP contribution in [0.25, 0.3) is 0 Å². The lowest BCUT2D eigenvalue weighted by Gasteiger charge is -2.23. The number of carbonyl (C=O) groups excluding carboxylic acids is 1. The van der Waals surface area contributed by atoms with Crippen molar-refractivity contribution in [2.75, 3.05) is 16.6 Å². The fourth-order valence-electron chi connectivity index (χ4n) is 1.66. The molecule has 0 aliphatic carbocycles. The normalized spacial score (nSPS) is 12.9. The lowest BCUT2D eigenvalue weighted by Crippen LogP contribution is -2.40. The molecule has 1 aromatic carbocycles. The van der Waals surface area contributed by atoms with Gasteiger partial charge < -0.3 is 5.73 Å². The average molecular weight is 378 g/mol. The van der Waals surface area contributed by atoms with Crippen LogP contribution < -0.4 is 10.0 Å². The van der Waals surface area contributed by atoms with Crippen LogP contribution in [0.3, 0.4) is 0 Å². The average Bonchev–Trinajstić information content (AvgIpc) is 2.41. The van der Waals surface area contributed by atoms with Gasteiger partial charge in [-0.1, -0.05) is 0 Å². The first-order valence-electron chi connectivity index (χ1n) is 6.25. The number of benzene rings is 1. The maximum atomic E-state index is 12.5. The second-order valence-corrected chi connectivity index (χ2v) is 6.71. The van der Waals surface area contributed by atoms with E-state index in [9.17, 15) is 39.6 Å². The Kier molecular flexibility index (Phi) is 5.74. The van der Waals surface area contributed by atoms with Crippen molar-refractivity contribution in [1.82, 2.24) is 0 Å². The van der Waals surface area contributed by atoms with Crippen LogP contribution >= 0.6 is 0 Å². The number of halogens is 6. The van der Waals surface area contributed by atoms with E-state index in [0.717, 1.165) is 12.1 Å². The zero-order valence-corrected chi connectivity index (χ0v) is 12.7. The molecule has 136 valence electrons. The number of amides is 1. The summed E-state index contributed by atoms with van der Waals surface area (Å²) in [6, 6.07) is 2.55. The summed E-state index contributed by atoms with van der Waals surface area (Å²) in [5, 5.41) is 0. The SMILES string of the molecule is NC(=O)CN(c1ccc(C(F)(F)F)cc1)S(=O)(=O)CCC(F)(F)F. The molecule has 0 fully saturated rings. The first-order valence-corrected chi connectivity index (χ1v) is 7.86. The highest BCUT2D eigenvalue weighted by Gasteiger charge is 2.34. The third-order valence-electron chi connectivity index (χ3n) is 2.76. The lowest BCUT2D eigenvalue weighted by molar-refractivity contribution is -0.137. The number of carbonyl (C=O) groups is 1. The van der Waals surface area contributed by atoms with Gasteiger partial charge in [0.15, 0.2) is 0 Å². The molecule has 0 aliphatic rings. The van der Waals surface area contributed by atoms with Gasteiger partial charge in [-0.25, -0.2) is 8.42 Å². The molecule has 0 bridgehead atoms. The van der Waals surface area contributed by atoms with Crippen LogP contribution in [-0.2, 0) is 21.0 Å². The molecule has 12 heteroatoms. The fourth-order valence-corrected chi connectivity index (χ4v) is 3.14. The van der Waals surface area contributed by atoms with Crippen LogP contribution in [0.15, 0.2) is 24.3 Å².